The summed E-state index contributed by atoms with van der Waals surface area (Å²) in [5.41, 5.74) is 0.0347. The van der Waals surface area contributed by atoms with Gasteiger partial charge in [0.2, 0.25) is 0 Å². The minimum Gasteiger partial charge on any atom is -0.254 e. The van der Waals surface area contributed by atoms with Crippen molar-refractivity contribution in [2.24, 2.45) is 0 Å². The van der Waals surface area contributed by atoms with Gasteiger partial charge in [0.05, 0.1) is 0 Å². The highest BCUT2D eigenvalue weighted by Gasteiger charge is 2.03. The number of hydrogen-bond acceptors (Lipinski definition) is 1. The highest BCUT2D eigenvalue weighted by molar-refractivity contribution is 5.56. The maximum atomic E-state index is 12.7. The molecule has 58 valence electrons. The first-order valence-corrected chi connectivity index (χ1v) is 3.15. The van der Waals surface area contributed by atoms with Gasteiger partial charge < -0.3 is 0 Å². The Morgan fingerprint density at radius 2 is 2.09 bits per heavy atom. The maximum absolute atomic E-state index is 12.7. The van der Waals surface area contributed by atoms with Crippen molar-refractivity contribution in [3.05, 3.63) is 35.9 Å². The molecule has 1 aromatic rings. The second-order valence-corrected chi connectivity index (χ2v) is 2.06. The van der Waals surface area contributed by atoms with Crippen LogP contribution in [0.3, 0.4) is 0 Å². The minimum atomic E-state index is -0.898. The van der Waals surface area contributed by atoms with E-state index < -0.39 is 11.7 Å². The van der Waals surface area contributed by atoms with Gasteiger partial charge in [-0.3, -0.25) is 4.98 Å². The molecule has 1 aromatic heterocycles. The Bertz CT molecular complexity index is 263. The van der Waals surface area contributed by atoms with Crippen molar-refractivity contribution in [3.63, 3.8) is 0 Å². The predicted octanol–water partition coefficient (Wildman–Crippen LogP) is 2.71. The molecule has 0 aliphatic rings. The fourth-order valence-electron chi connectivity index (χ4n) is 0.669. The van der Waals surface area contributed by atoms with Crippen LogP contribution in [0.15, 0.2) is 30.2 Å². The molecule has 0 aliphatic carbocycles. The second kappa shape index (κ2) is 3.23. The average Bonchev–Trinajstić information content (AvgIpc) is 2.05. The van der Waals surface area contributed by atoms with Gasteiger partial charge >= 0.3 is 0 Å². The van der Waals surface area contributed by atoms with Gasteiger partial charge in [-0.15, -0.1) is 0 Å². The molecular formula is C8H7F2N. The third kappa shape index (κ3) is 1.83. The summed E-state index contributed by atoms with van der Waals surface area (Å²) in [6, 6.07) is 4.66. The highest BCUT2D eigenvalue weighted by atomic mass is 19.2. The van der Waals surface area contributed by atoms with Crippen molar-refractivity contribution in [2.75, 3.05) is 0 Å². The lowest BCUT2D eigenvalue weighted by Crippen LogP contribution is -1.83. The van der Waals surface area contributed by atoms with E-state index in [1.165, 1.54) is 12.3 Å². The molecule has 0 N–H and O–H groups in total. The third-order valence-electron chi connectivity index (χ3n) is 1.19. The van der Waals surface area contributed by atoms with E-state index in [1.54, 1.807) is 12.1 Å². The molecule has 1 heterocycles. The van der Waals surface area contributed by atoms with Gasteiger partial charge in [0.15, 0.2) is 5.83 Å². The van der Waals surface area contributed by atoms with Gasteiger partial charge in [-0.25, -0.2) is 8.78 Å². The average molecular weight is 155 g/mol. The zero-order valence-corrected chi connectivity index (χ0v) is 6.01. The van der Waals surface area contributed by atoms with Crippen LogP contribution in [0.25, 0.3) is 5.83 Å². The fraction of sp³-hybridized carbons (Fsp3) is 0.125. The molecule has 11 heavy (non-hydrogen) atoms. The van der Waals surface area contributed by atoms with Crippen LogP contribution in [0.2, 0.25) is 0 Å². The first-order valence-electron chi connectivity index (χ1n) is 3.15. The summed E-state index contributed by atoms with van der Waals surface area (Å²) in [4.78, 5) is 3.63. The molecule has 0 saturated heterocycles. The molecule has 0 saturated carbocycles. The molecule has 0 aromatic carbocycles. The summed E-state index contributed by atoms with van der Waals surface area (Å²) in [7, 11) is 0. The summed E-state index contributed by atoms with van der Waals surface area (Å²) in [5, 5.41) is 0. The normalized spacial score (nSPS) is 12.6. The predicted molar refractivity (Wildman–Crippen MR) is 39.0 cm³/mol. The Labute approximate surface area is 63.4 Å². The van der Waals surface area contributed by atoms with E-state index in [4.69, 9.17) is 0 Å². The number of halogens is 2. The van der Waals surface area contributed by atoms with E-state index in [0.717, 1.165) is 6.92 Å². The van der Waals surface area contributed by atoms with Crippen LogP contribution in [-0.2, 0) is 0 Å². The molecule has 0 spiro atoms. The van der Waals surface area contributed by atoms with E-state index in [9.17, 15) is 8.78 Å². The van der Waals surface area contributed by atoms with Gasteiger partial charge in [0.1, 0.15) is 11.5 Å². The van der Waals surface area contributed by atoms with Gasteiger partial charge in [0.25, 0.3) is 0 Å². The highest BCUT2D eigenvalue weighted by Crippen LogP contribution is 2.17. The van der Waals surface area contributed by atoms with Crippen molar-refractivity contribution in [1.82, 2.24) is 4.98 Å². The Hall–Kier alpha value is -1.25. The van der Waals surface area contributed by atoms with Crippen LogP contribution in [0.5, 0.6) is 0 Å². The molecular weight excluding hydrogens is 148 g/mol. The number of aromatic nitrogens is 1. The van der Waals surface area contributed by atoms with Crippen molar-refractivity contribution in [1.29, 1.82) is 0 Å². The molecule has 1 nitrogen and oxygen atoms in total. The minimum absolute atomic E-state index is 0.0347. The summed E-state index contributed by atoms with van der Waals surface area (Å²) < 4.78 is 24.9. The first kappa shape index (κ1) is 7.85. The van der Waals surface area contributed by atoms with Crippen molar-refractivity contribution < 1.29 is 8.78 Å². The topological polar surface area (TPSA) is 12.9 Å². The lowest BCUT2D eigenvalue weighted by Gasteiger charge is -1.94. The first-order chi connectivity index (χ1) is 5.22. The molecule has 0 aliphatic heterocycles. The lowest BCUT2D eigenvalue weighted by molar-refractivity contribution is 0.604. The van der Waals surface area contributed by atoms with Gasteiger partial charge in [-0.1, -0.05) is 6.07 Å². The Morgan fingerprint density at radius 3 is 2.55 bits per heavy atom. The molecule has 0 fully saturated rings. The maximum Gasteiger partial charge on any atom is 0.179 e. The number of hydrogen-bond donors (Lipinski definition) is 0. The monoisotopic (exact) mass is 155 g/mol. The van der Waals surface area contributed by atoms with Crippen molar-refractivity contribution in [2.45, 2.75) is 6.92 Å². The molecule has 1 rings (SSSR count). The van der Waals surface area contributed by atoms with Crippen molar-refractivity contribution >= 4 is 5.83 Å². The standard InChI is InChI=1S/C8H7F2N/c1-6(9)8(10)7-4-2-3-5-11-7/h2-5H,1H3. The SMILES string of the molecule is CC(F)=C(F)c1ccccn1. The summed E-state index contributed by atoms with van der Waals surface area (Å²) in [6.07, 6.45) is 1.41. The van der Waals surface area contributed by atoms with Crippen LogP contribution < -0.4 is 0 Å². The molecule has 0 bridgehead atoms. The third-order valence-corrected chi connectivity index (χ3v) is 1.19. The molecule has 0 unspecified atom stereocenters. The number of pyridine rings is 1. The molecule has 0 amide bonds. The number of allylic oxidation sites excluding steroid dienone is 1. The lowest BCUT2D eigenvalue weighted by atomic mass is 10.3. The fourth-order valence-corrected chi connectivity index (χ4v) is 0.669. The largest absolute Gasteiger partial charge is 0.254 e. The molecule has 3 heteroatoms. The van der Waals surface area contributed by atoms with Crippen LogP contribution in [0.1, 0.15) is 12.6 Å². The number of nitrogens with zero attached hydrogens (tertiary/aromatic N) is 1. The molecule has 0 atom stereocenters. The van der Waals surface area contributed by atoms with Gasteiger partial charge in [0, 0.05) is 6.20 Å². The smallest absolute Gasteiger partial charge is 0.179 e. The van der Waals surface area contributed by atoms with E-state index in [0.29, 0.717) is 0 Å². The summed E-state index contributed by atoms with van der Waals surface area (Å²) in [5.74, 6) is -1.74. The van der Waals surface area contributed by atoms with Gasteiger partial charge in [-0.05, 0) is 19.1 Å². The number of rotatable bonds is 1. The van der Waals surface area contributed by atoms with E-state index >= 15 is 0 Å². The van der Waals surface area contributed by atoms with E-state index in [1.807, 2.05) is 0 Å². The summed E-state index contributed by atoms with van der Waals surface area (Å²) >= 11 is 0. The second-order valence-electron chi connectivity index (χ2n) is 2.06. The van der Waals surface area contributed by atoms with Crippen LogP contribution in [0, 0.1) is 0 Å². The Kier molecular flexibility index (Phi) is 2.31. The zero-order chi connectivity index (χ0) is 8.27. The van der Waals surface area contributed by atoms with Crippen molar-refractivity contribution in [3.8, 4) is 0 Å². The van der Waals surface area contributed by atoms with E-state index in [2.05, 4.69) is 4.98 Å². The Morgan fingerprint density at radius 1 is 1.36 bits per heavy atom. The summed E-state index contributed by atoms with van der Waals surface area (Å²) in [6.45, 7) is 1.06. The van der Waals surface area contributed by atoms with Crippen LogP contribution in [-0.4, -0.2) is 4.98 Å². The zero-order valence-electron chi connectivity index (χ0n) is 6.01. The van der Waals surface area contributed by atoms with E-state index in [-0.39, 0.29) is 5.69 Å². The van der Waals surface area contributed by atoms with Crippen LogP contribution >= 0.6 is 0 Å². The quantitative estimate of drug-likeness (QED) is 0.607. The Balaban J connectivity index is 3.04. The molecule has 0 radical (unpaired) electrons. The van der Waals surface area contributed by atoms with Gasteiger partial charge in [-0.2, -0.15) is 0 Å². The van der Waals surface area contributed by atoms with Crippen LogP contribution in [0.4, 0.5) is 8.78 Å².